The summed E-state index contributed by atoms with van der Waals surface area (Å²) in [7, 11) is -1.88. The number of pyridine rings is 2. The van der Waals surface area contributed by atoms with Crippen LogP contribution in [0.15, 0.2) is 60.9 Å². The van der Waals surface area contributed by atoms with Crippen LogP contribution in [0, 0.1) is 5.82 Å². The number of ether oxygens (including phenoxy) is 1. The highest BCUT2D eigenvalue weighted by molar-refractivity contribution is 7.53. The number of rotatable bonds is 11. The second kappa shape index (κ2) is 11.5. The molecular weight excluding hydrogens is 538 g/mol. The summed E-state index contributed by atoms with van der Waals surface area (Å²) < 4.78 is 47.8. The summed E-state index contributed by atoms with van der Waals surface area (Å²) in [6.45, 7) is 3.97. The Kier molecular flexibility index (Phi) is 7.92. The van der Waals surface area contributed by atoms with E-state index in [0.717, 1.165) is 0 Å². The van der Waals surface area contributed by atoms with Crippen molar-refractivity contribution in [2.24, 2.45) is 0 Å². The molecule has 0 aliphatic carbocycles. The first kappa shape index (κ1) is 27.4. The molecule has 0 aliphatic heterocycles. The van der Waals surface area contributed by atoms with Crippen LogP contribution in [0.3, 0.4) is 0 Å². The van der Waals surface area contributed by atoms with E-state index in [9.17, 15) is 9.36 Å². The maximum atomic E-state index is 15.6. The van der Waals surface area contributed by atoms with Gasteiger partial charge in [0.15, 0.2) is 17.3 Å². The SMILES string of the molecule is CCOP(=O)(CCn1nc(NC(=O)c2ccc(OC)cc2)c2cc(F)c(-c3cnn4ccccc34)nc21)OCC. The van der Waals surface area contributed by atoms with E-state index in [4.69, 9.17) is 13.8 Å². The number of hydrogen-bond acceptors (Lipinski definition) is 8. The van der Waals surface area contributed by atoms with Crippen LogP contribution in [-0.2, 0) is 20.2 Å². The fourth-order valence-corrected chi connectivity index (χ4v) is 5.88. The number of carbonyl (C=O) groups is 1. The number of carbonyl (C=O) groups excluding carboxylic acids is 1. The average molecular weight is 567 g/mol. The van der Waals surface area contributed by atoms with Crippen molar-refractivity contribution in [3.63, 3.8) is 0 Å². The van der Waals surface area contributed by atoms with E-state index in [0.29, 0.717) is 22.4 Å². The molecule has 5 rings (SSSR count). The Balaban J connectivity index is 1.57. The van der Waals surface area contributed by atoms with E-state index >= 15 is 4.39 Å². The molecule has 5 aromatic rings. The van der Waals surface area contributed by atoms with Gasteiger partial charge in [-0.3, -0.25) is 9.36 Å². The molecule has 1 aromatic carbocycles. The third-order valence-corrected chi connectivity index (χ3v) is 8.23. The Bertz CT molecular complexity index is 1710. The smallest absolute Gasteiger partial charge is 0.332 e. The number of hydrogen-bond donors (Lipinski definition) is 1. The average Bonchev–Trinajstić information content (AvgIpc) is 3.53. The number of nitrogens with zero attached hydrogens (tertiary/aromatic N) is 5. The normalized spacial score (nSPS) is 11.8. The van der Waals surface area contributed by atoms with Crippen LogP contribution in [0.25, 0.3) is 27.8 Å². The predicted molar refractivity (Wildman–Crippen MR) is 148 cm³/mol. The second-order valence-corrected chi connectivity index (χ2v) is 10.9. The zero-order valence-corrected chi connectivity index (χ0v) is 23.1. The van der Waals surface area contributed by atoms with Crippen LogP contribution < -0.4 is 10.1 Å². The van der Waals surface area contributed by atoms with Crippen LogP contribution in [0.5, 0.6) is 5.75 Å². The van der Waals surface area contributed by atoms with E-state index in [1.165, 1.54) is 24.1 Å². The molecule has 40 heavy (non-hydrogen) atoms. The van der Waals surface area contributed by atoms with Crippen molar-refractivity contribution in [2.75, 3.05) is 31.8 Å². The van der Waals surface area contributed by atoms with Crippen LogP contribution in [0.1, 0.15) is 24.2 Å². The van der Waals surface area contributed by atoms with Gasteiger partial charge in [0.25, 0.3) is 5.91 Å². The van der Waals surface area contributed by atoms with E-state index in [1.54, 1.807) is 48.8 Å². The molecular formula is C27H28FN6O5P. The molecule has 11 nitrogen and oxygen atoms in total. The topological polar surface area (TPSA) is 122 Å². The second-order valence-electron chi connectivity index (χ2n) is 8.70. The summed E-state index contributed by atoms with van der Waals surface area (Å²) in [4.78, 5) is 17.6. The molecule has 0 unspecified atom stereocenters. The summed E-state index contributed by atoms with van der Waals surface area (Å²) >= 11 is 0. The van der Waals surface area contributed by atoms with Gasteiger partial charge in [0.2, 0.25) is 0 Å². The number of nitrogens with one attached hydrogen (secondary N) is 1. The van der Waals surface area contributed by atoms with Crippen molar-refractivity contribution in [1.29, 1.82) is 0 Å². The van der Waals surface area contributed by atoms with Gasteiger partial charge < -0.3 is 19.1 Å². The van der Waals surface area contributed by atoms with E-state index in [1.807, 2.05) is 18.2 Å². The highest BCUT2D eigenvalue weighted by Crippen LogP contribution is 2.48. The molecule has 0 fully saturated rings. The number of anilines is 1. The Labute approximate surface area is 229 Å². The Hall–Kier alpha value is -4.12. The lowest BCUT2D eigenvalue weighted by atomic mass is 10.1. The summed E-state index contributed by atoms with van der Waals surface area (Å²) in [6.07, 6.45) is 3.30. The summed E-state index contributed by atoms with van der Waals surface area (Å²) in [5, 5.41) is 11.8. The van der Waals surface area contributed by atoms with Gasteiger partial charge in [0, 0.05) is 17.3 Å². The largest absolute Gasteiger partial charge is 0.497 e. The minimum atomic E-state index is -3.41. The highest BCUT2D eigenvalue weighted by Gasteiger charge is 2.26. The maximum absolute atomic E-state index is 15.6. The summed E-state index contributed by atoms with van der Waals surface area (Å²) in [6, 6.07) is 13.3. The van der Waals surface area contributed by atoms with Crippen LogP contribution >= 0.6 is 7.60 Å². The van der Waals surface area contributed by atoms with Crippen molar-refractivity contribution in [3.05, 3.63) is 72.3 Å². The van der Waals surface area contributed by atoms with Gasteiger partial charge in [-0.2, -0.15) is 10.2 Å². The first-order valence-corrected chi connectivity index (χ1v) is 14.4. The van der Waals surface area contributed by atoms with Crippen molar-refractivity contribution >= 4 is 35.9 Å². The number of amides is 1. The quantitative estimate of drug-likeness (QED) is 0.211. The third kappa shape index (κ3) is 5.46. The van der Waals surface area contributed by atoms with Crippen molar-refractivity contribution in [2.45, 2.75) is 20.4 Å². The first-order valence-electron chi connectivity index (χ1n) is 12.7. The lowest BCUT2D eigenvalue weighted by Gasteiger charge is -2.16. The monoisotopic (exact) mass is 566 g/mol. The van der Waals surface area contributed by atoms with Gasteiger partial charge >= 0.3 is 7.60 Å². The number of aryl methyl sites for hydroxylation is 1. The minimum Gasteiger partial charge on any atom is -0.497 e. The fraction of sp³-hybridized carbons (Fsp3) is 0.259. The van der Waals surface area contributed by atoms with E-state index in [2.05, 4.69) is 20.5 Å². The molecule has 0 saturated carbocycles. The molecule has 13 heteroatoms. The number of fused-ring (bicyclic) bond motifs is 2. The Morgan fingerprint density at radius 2 is 1.85 bits per heavy atom. The maximum Gasteiger partial charge on any atom is 0.332 e. The van der Waals surface area contributed by atoms with Gasteiger partial charge in [-0.05, 0) is 56.3 Å². The molecule has 0 bridgehead atoms. The third-order valence-electron chi connectivity index (χ3n) is 6.18. The zero-order valence-electron chi connectivity index (χ0n) is 22.2. The van der Waals surface area contributed by atoms with Gasteiger partial charge in [0.1, 0.15) is 11.4 Å². The van der Waals surface area contributed by atoms with Gasteiger partial charge in [-0.15, -0.1) is 0 Å². The molecule has 0 spiro atoms. The number of methoxy groups -OCH3 is 1. The molecule has 0 radical (unpaired) electrons. The first-order chi connectivity index (χ1) is 19.4. The minimum absolute atomic E-state index is 0.00241. The molecule has 0 atom stereocenters. The fourth-order valence-electron chi connectivity index (χ4n) is 4.33. The van der Waals surface area contributed by atoms with E-state index < -0.39 is 19.3 Å². The Morgan fingerprint density at radius 1 is 1.10 bits per heavy atom. The van der Waals surface area contributed by atoms with Crippen molar-refractivity contribution < 1.29 is 27.5 Å². The number of aromatic nitrogens is 5. The lowest BCUT2D eigenvalue weighted by Crippen LogP contribution is -2.13. The molecule has 1 N–H and O–H groups in total. The van der Waals surface area contributed by atoms with Gasteiger partial charge in [0.05, 0.1) is 50.1 Å². The van der Waals surface area contributed by atoms with Crippen LogP contribution in [0.4, 0.5) is 10.2 Å². The Morgan fingerprint density at radius 3 is 2.55 bits per heavy atom. The summed E-state index contributed by atoms with van der Waals surface area (Å²) in [5.41, 5.74) is 1.88. The van der Waals surface area contributed by atoms with Crippen LogP contribution in [0.2, 0.25) is 0 Å². The number of halogens is 1. The number of benzene rings is 1. The van der Waals surface area contributed by atoms with Crippen LogP contribution in [-0.4, -0.2) is 56.8 Å². The summed E-state index contributed by atoms with van der Waals surface area (Å²) in [5.74, 6) is -0.349. The molecule has 4 heterocycles. The molecule has 0 saturated heterocycles. The molecule has 208 valence electrons. The van der Waals surface area contributed by atoms with Gasteiger partial charge in [-0.25, -0.2) is 18.6 Å². The van der Waals surface area contributed by atoms with Crippen molar-refractivity contribution in [1.82, 2.24) is 24.4 Å². The zero-order chi connectivity index (χ0) is 28.3. The molecule has 4 aromatic heterocycles. The lowest BCUT2D eigenvalue weighted by molar-refractivity contribution is 0.102. The molecule has 0 aliphatic rings. The molecule has 1 amide bonds. The predicted octanol–water partition coefficient (Wildman–Crippen LogP) is 5.41. The van der Waals surface area contributed by atoms with Crippen molar-refractivity contribution in [3.8, 4) is 17.0 Å². The standard InChI is InChI=1S/C27H28FN6O5P/c1-4-38-40(36,39-5-2)15-14-34-26-20(25(32-34)31-27(35)18-9-11-19(37-3)12-10-18)16-22(28)24(30-26)21-17-29-33-13-7-6-8-23(21)33/h6-13,16-17H,4-5,14-15H2,1-3H3,(H,31,32,35). The van der Waals surface area contributed by atoms with Gasteiger partial charge in [-0.1, -0.05) is 6.07 Å². The highest BCUT2D eigenvalue weighted by atomic mass is 31.2. The van der Waals surface area contributed by atoms with E-state index in [-0.39, 0.29) is 48.5 Å².